The molecule has 3 amide bonds. The molecular formula is C34H39F2N5O3. The second-order valence-corrected chi connectivity index (χ2v) is 12.7. The van der Waals surface area contributed by atoms with E-state index in [1.165, 1.54) is 6.92 Å². The van der Waals surface area contributed by atoms with Gasteiger partial charge in [0.25, 0.3) is 5.56 Å². The van der Waals surface area contributed by atoms with Gasteiger partial charge in [-0.3, -0.25) is 14.2 Å². The van der Waals surface area contributed by atoms with Gasteiger partial charge in [-0.25, -0.2) is 18.6 Å². The summed E-state index contributed by atoms with van der Waals surface area (Å²) in [5.41, 5.74) is 1.46. The minimum atomic E-state index is -0.700. The molecule has 232 valence electrons. The summed E-state index contributed by atoms with van der Waals surface area (Å²) in [5, 5.41) is 2.90. The molecule has 0 radical (unpaired) electrons. The van der Waals surface area contributed by atoms with Crippen molar-refractivity contribution in [3.63, 3.8) is 0 Å². The fourth-order valence-electron chi connectivity index (χ4n) is 7.73. The van der Waals surface area contributed by atoms with Gasteiger partial charge in [0, 0.05) is 56.3 Å². The van der Waals surface area contributed by atoms with E-state index in [0.29, 0.717) is 44.7 Å². The van der Waals surface area contributed by atoms with Gasteiger partial charge in [-0.05, 0) is 61.6 Å². The highest BCUT2D eigenvalue weighted by molar-refractivity contribution is 5.76. The fourth-order valence-corrected chi connectivity index (χ4v) is 7.73. The lowest BCUT2D eigenvalue weighted by atomic mass is 9.69. The molecule has 0 unspecified atom stereocenters. The van der Waals surface area contributed by atoms with Gasteiger partial charge in [-0.2, -0.15) is 0 Å². The SMILES string of the molecule is CC(=O)N[C@@H]1CCN(C(=O)N2CC[C@@H](Cn3cnc(-c4ccccc4)cc3=O)C3(CCCC3)C2)[C@H](c2cc(F)ccc2F)C1. The Bertz CT molecular complexity index is 1570. The molecule has 1 N–H and O–H groups in total. The molecule has 1 aliphatic carbocycles. The van der Waals surface area contributed by atoms with Crippen LogP contribution in [0.2, 0.25) is 0 Å². The number of hydrogen-bond donors (Lipinski definition) is 1. The Kier molecular flexibility index (Phi) is 8.51. The highest BCUT2D eigenvalue weighted by Crippen LogP contribution is 2.49. The molecule has 2 saturated heterocycles. The predicted octanol–water partition coefficient (Wildman–Crippen LogP) is 5.53. The molecule has 1 aromatic heterocycles. The topological polar surface area (TPSA) is 87.5 Å². The van der Waals surface area contributed by atoms with Crippen molar-refractivity contribution in [3.8, 4) is 11.3 Å². The molecule has 10 heteroatoms. The standard InChI is InChI=1S/C34H39F2N5O3/c1-23(42)38-27-12-16-41(31(18-27)28-17-26(35)9-10-29(28)36)33(44)39-15-11-25(34(21-39)13-5-6-14-34)20-40-22-37-30(19-32(40)43)24-7-3-2-4-8-24/h2-4,7-10,17,19,22,25,27,31H,5-6,11-16,18,20-21H2,1H3,(H,38,42)/t25-,27+,31-/m0/s1. The Morgan fingerprint density at radius 2 is 1.80 bits per heavy atom. The number of hydrogen-bond acceptors (Lipinski definition) is 4. The third-order valence-electron chi connectivity index (χ3n) is 9.93. The van der Waals surface area contributed by atoms with Crippen LogP contribution in [0, 0.1) is 23.0 Å². The van der Waals surface area contributed by atoms with Gasteiger partial charge in [-0.15, -0.1) is 0 Å². The highest BCUT2D eigenvalue weighted by Gasteiger charge is 2.48. The zero-order chi connectivity index (χ0) is 30.8. The average molecular weight is 604 g/mol. The number of piperidine rings is 2. The number of nitrogens with zero attached hydrogens (tertiary/aromatic N) is 4. The van der Waals surface area contributed by atoms with Crippen molar-refractivity contribution < 1.29 is 18.4 Å². The first-order chi connectivity index (χ1) is 21.2. The van der Waals surface area contributed by atoms with Gasteiger partial charge in [0.05, 0.1) is 18.1 Å². The molecule has 3 heterocycles. The monoisotopic (exact) mass is 603 g/mol. The number of carbonyl (C=O) groups excluding carboxylic acids is 2. The van der Waals surface area contributed by atoms with Gasteiger partial charge >= 0.3 is 6.03 Å². The maximum atomic E-state index is 15.0. The number of halogens is 2. The lowest BCUT2D eigenvalue weighted by Gasteiger charge is -2.49. The maximum Gasteiger partial charge on any atom is 0.320 e. The molecule has 3 aliphatic rings. The highest BCUT2D eigenvalue weighted by atomic mass is 19.1. The fraction of sp³-hybridized carbons (Fsp3) is 0.471. The molecule has 6 rings (SSSR count). The number of nitrogens with one attached hydrogen (secondary N) is 1. The van der Waals surface area contributed by atoms with Crippen LogP contribution in [-0.2, 0) is 11.3 Å². The van der Waals surface area contributed by atoms with Gasteiger partial charge in [0.15, 0.2) is 0 Å². The summed E-state index contributed by atoms with van der Waals surface area (Å²) in [7, 11) is 0. The van der Waals surface area contributed by atoms with E-state index >= 15 is 4.39 Å². The van der Waals surface area contributed by atoms with Crippen LogP contribution >= 0.6 is 0 Å². The van der Waals surface area contributed by atoms with Crippen molar-refractivity contribution in [1.29, 1.82) is 0 Å². The molecule has 0 bridgehead atoms. The number of amides is 3. The van der Waals surface area contributed by atoms with E-state index in [9.17, 15) is 18.8 Å². The van der Waals surface area contributed by atoms with E-state index in [2.05, 4.69) is 10.3 Å². The van der Waals surface area contributed by atoms with Crippen LogP contribution in [-0.4, -0.2) is 57.0 Å². The Morgan fingerprint density at radius 1 is 1.02 bits per heavy atom. The minimum absolute atomic E-state index is 0.0903. The van der Waals surface area contributed by atoms with Crippen molar-refractivity contribution in [2.75, 3.05) is 19.6 Å². The molecule has 8 nitrogen and oxygen atoms in total. The molecule has 1 spiro atoms. The predicted molar refractivity (Wildman–Crippen MR) is 163 cm³/mol. The van der Waals surface area contributed by atoms with Crippen LogP contribution < -0.4 is 10.9 Å². The number of likely N-dealkylation sites (tertiary alicyclic amines) is 2. The molecule has 1 saturated carbocycles. The van der Waals surface area contributed by atoms with Crippen molar-refractivity contribution in [2.24, 2.45) is 11.3 Å². The number of rotatable bonds is 5. The molecule has 3 atom stereocenters. The summed E-state index contributed by atoms with van der Waals surface area (Å²) in [5.74, 6) is -1.12. The molecule has 2 aromatic carbocycles. The first-order valence-corrected chi connectivity index (χ1v) is 15.6. The van der Waals surface area contributed by atoms with Crippen LogP contribution in [0.1, 0.15) is 63.5 Å². The Morgan fingerprint density at radius 3 is 2.52 bits per heavy atom. The largest absolute Gasteiger partial charge is 0.353 e. The molecular weight excluding hydrogens is 564 g/mol. The first-order valence-electron chi connectivity index (χ1n) is 15.6. The number of urea groups is 1. The summed E-state index contributed by atoms with van der Waals surface area (Å²) in [6.45, 7) is 3.38. The normalized spacial score (nSPS) is 23.1. The average Bonchev–Trinajstić information content (AvgIpc) is 3.48. The van der Waals surface area contributed by atoms with E-state index in [4.69, 9.17) is 0 Å². The summed E-state index contributed by atoms with van der Waals surface area (Å²) >= 11 is 0. The van der Waals surface area contributed by atoms with Gasteiger partial charge < -0.3 is 15.1 Å². The van der Waals surface area contributed by atoms with E-state index in [1.54, 1.807) is 21.9 Å². The van der Waals surface area contributed by atoms with E-state index in [0.717, 1.165) is 55.9 Å². The Balaban J connectivity index is 1.21. The summed E-state index contributed by atoms with van der Waals surface area (Å²) in [6, 6.07) is 13.4. The lowest BCUT2D eigenvalue weighted by molar-refractivity contribution is -0.120. The molecule has 44 heavy (non-hydrogen) atoms. The number of aromatic nitrogens is 2. The number of carbonyl (C=O) groups is 2. The maximum absolute atomic E-state index is 15.0. The zero-order valence-corrected chi connectivity index (χ0v) is 25.1. The zero-order valence-electron chi connectivity index (χ0n) is 25.1. The van der Waals surface area contributed by atoms with Crippen LogP contribution in [0.25, 0.3) is 11.3 Å². The third-order valence-corrected chi connectivity index (χ3v) is 9.93. The van der Waals surface area contributed by atoms with E-state index < -0.39 is 17.7 Å². The van der Waals surface area contributed by atoms with Gasteiger partial charge in [0.1, 0.15) is 11.6 Å². The van der Waals surface area contributed by atoms with Crippen LogP contribution in [0.3, 0.4) is 0 Å². The van der Waals surface area contributed by atoms with Crippen molar-refractivity contribution >= 4 is 11.9 Å². The Labute approximate surface area is 256 Å². The van der Waals surface area contributed by atoms with E-state index in [-0.39, 0.29) is 40.4 Å². The van der Waals surface area contributed by atoms with Crippen molar-refractivity contribution in [3.05, 3.63) is 88.5 Å². The molecule has 2 aliphatic heterocycles. The first kappa shape index (κ1) is 30.0. The second-order valence-electron chi connectivity index (χ2n) is 12.7. The molecule has 3 fully saturated rings. The van der Waals surface area contributed by atoms with Crippen molar-refractivity contribution in [1.82, 2.24) is 24.7 Å². The quantitative estimate of drug-likeness (QED) is 0.416. The van der Waals surface area contributed by atoms with Gasteiger partial charge in [-0.1, -0.05) is 43.2 Å². The lowest BCUT2D eigenvalue weighted by Crippen LogP contribution is -2.57. The van der Waals surface area contributed by atoms with Gasteiger partial charge in [0.2, 0.25) is 5.91 Å². The summed E-state index contributed by atoms with van der Waals surface area (Å²) in [6.07, 6.45) is 7.30. The molecule has 3 aromatic rings. The summed E-state index contributed by atoms with van der Waals surface area (Å²) < 4.78 is 31.0. The van der Waals surface area contributed by atoms with E-state index in [1.807, 2.05) is 35.2 Å². The van der Waals surface area contributed by atoms with Crippen molar-refractivity contribution in [2.45, 2.75) is 70.5 Å². The summed E-state index contributed by atoms with van der Waals surface area (Å²) in [4.78, 5) is 47.2. The number of benzene rings is 2. The van der Waals surface area contributed by atoms with Crippen LogP contribution in [0.5, 0.6) is 0 Å². The van der Waals surface area contributed by atoms with Crippen LogP contribution in [0.4, 0.5) is 13.6 Å². The minimum Gasteiger partial charge on any atom is -0.353 e. The third kappa shape index (κ3) is 6.12. The van der Waals surface area contributed by atoms with Crippen LogP contribution in [0.15, 0.2) is 65.7 Å². The Hall–Kier alpha value is -4.08. The second kappa shape index (κ2) is 12.5. The smallest absolute Gasteiger partial charge is 0.320 e.